The molecule has 1 aliphatic rings. The fourth-order valence-electron chi connectivity index (χ4n) is 4.38. The van der Waals surface area contributed by atoms with Crippen molar-refractivity contribution in [2.45, 2.75) is 56.3 Å². The van der Waals surface area contributed by atoms with Crippen molar-refractivity contribution in [3.05, 3.63) is 47.4 Å². The lowest BCUT2D eigenvalue weighted by molar-refractivity contribution is -0.147. The van der Waals surface area contributed by atoms with Crippen LogP contribution in [0.1, 0.15) is 43.9 Å². The minimum Gasteiger partial charge on any atom is -0.381 e. The molecule has 0 spiro atoms. The Kier molecular flexibility index (Phi) is 7.10. The number of halogens is 4. The zero-order chi connectivity index (χ0) is 26.3. The summed E-state index contributed by atoms with van der Waals surface area (Å²) in [5.74, 6) is -0.434. The molecule has 2 aromatic heterocycles. The van der Waals surface area contributed by atoms with Crippen molar-refractivity contribution < 1.29 is 30.7 Å². The molecule has 7 nitrogen and oxygen atoms in total. The van der Waals surface area contributed by atoms with Gasteiger partial charge in [0.15, 0.2) is 0 Å². The lowest BCUT2D eigenvalue weighted by atomic mass is 10.1. The van der Waals surface area contributed by atoms with Crippen LogP contribution in [0.3, 0.4) is 0 Å². The molecule has 1 atom stereocenters. The van der Waals surface area contributed by atoms with Crippen LogP contribution in [0.5, 0.6) is 0 Å². The number of nitriles is 1. The van der Waals surface area contributed by atoms with E-state index in [1.54, 1.807) is 10.8 Å². The smallest absolute Gasteiger partial charge is 0.381 e. The van der Waals surface area contributed by atoms with Gasteiger partial charge >= 0.3 is 6.18 Å². The Labute approximate surface area is 205 Å². The first-order valence-electron chi connectivity index (χ1n) is 11.4. The standard InChI is InChI=1S/C24H24F4N4O3S/c1-3-15-10-22-18(11-20(15)25)19(12-29)23(32(22)16-6-8-35-9-7-16)21-5-4-17(13-30-21)36(33,34)31-14(2)24(26,27)28/h4-5,10-11,13-14,16,31H,3,6-9H2,1-2H3. The molecule has 0 aliphatic carbocycles. The molecule has 36 heavy (non-hydrogen) atoms. The summed E-state index contributed by atoms with van der Waals surface area (Å²) in [7, 11) is -4.50. The summed E-state index contributed by atoms with van der Waals surface area (Å²) < 4.78 is 87.2. The van der Waals surface area contributed by atoms with Crippen LogP contribution in [0.25, 0.3) is 22.3 Å². The van der Waals surface area contributed by atoms with Crippen molar-refractivity contribution >= 4 is 20.9 Å². The number of pyridine rings is 1. The minimum absolute atomic E-state index is 0.0759. The molecule has 4 rings (SSSR count). The zero-order valence-electron chi connectivity index (χ0n) is 19.6. The molecular weight excluding hydrogens is 500 g/mol. The number of hydrogen-bond donors (Lipinski definition) is 1. The van der Waals surface area contributed by atoms with Crippen molar-refractivity contribution in [2.24, 2.45) is 0 Å². The first kappa shape index (κ1) is 26.1. The second kappa shape index (κ2) is 9.80. The summed E-state index contributed by atoms with van der Waals surface area (Å²) in [6, 6.07) is 5.29. The van der Waals surface area contributed by atoms with Crippen LogP contribution >= 0.6 is 0 Å². The number of rotatable bonds is 6. The van der Waals surface area contributed by atoms with E-state index in [0.29, 0.717) is 61.6 Å². The summed E-state index contributed by atoms with van der Waals surface area (Å²) in [5.41, 5.74) is 1.97. The van der Waals surface area contributed by atoms with Gasteiger partial charge in [-0.05, 0) is 56.0 Å². The van der Waals surface area contributed by atoms with E-state index in [1.807, 2.05) is 11.5 Å². The molecule has 1 fully saturated rings. The molecule has 192 valence electrons. The van der Waals surface area contributed by atoms with Gasteiger partial charge in [-0.3, -0.25) is 4.98 Å². The van der Waals surface area contributed by atoms with Gasteiger partial charge in [-0.2, -0.15) is 23.2 Å². The van der Waals surface area contributed by atoms with Gasteiger partial charge in [-0.15, -0.1) is 0 Å². The Balaban J connectivity index is 1.86. The number of nitrogens with one attached hydrogen (secondary N) is 1. The van der Waals surface area contributed by atoms with Crippen LogP contribution in [0, 0.1) is 17.1 Å². The Morgan fingerprint density at radius 2 is 1.97 bits per heavy atom. The van der Waals surface area contributed by atoms with Crippen LogP contribution in [-0.2, 0) is 21.2 Å². The molecule has 3 heterocycles. The molecule has 1 aromatic carbocycles. The third kappa shape index (κ3) is 4.83. The highest BCUT2D eigenvalue weighted by Gasteiger charge is 2.39. The van der Waals surface area contributed by atoms with Crippen LogP contribution in [0.2, 0.25) is 0 Å². The maximum atomic E-state index is 14.7. The van der Waals surface area contributed by atoms with Crippen molar-refractivity contribution in [1.29, 1.82) is 5.26 Å². The molecule has 3 aromatic rings. The molecule has 1 N–H and O–H groups in total. The predicted molar refractivity (Wildman–Crippen MR) is 124 cm³/mol. The number of hydrogen-bond acceptors (Lipinski definition) is 5. The molecule has 1 saturated heterocycles. The number of aromatic nitrogens is 2. The Morgan fingerprint density at radius 1 is 1.28 bits per heavy atom. The molecule has 1 unspecified atom stereocenters. The molecule has 0 amide bonds. The number of ether oxygens (including phenoxy) is 1. The van der Waals surface area contributed by atoms with Gasteiger partial charge in [-0.25, -0.2) is 12.8 Å². The Hall–Kier alpha value is -3.01. The average molecular weight is 525 g/mol. The van der Waals surface area contributed by atoms with E-state index in [-0.39, 0.29) is 17.3 Å². The topological polar surface area (TPSA) is 97.0 Å². The quantitative estimate of drug-likeness (QED) is 0.465. The zero-order valence-corrected chi connectivity index (χ0v) is 20.4. The van der Waals surface area contributed by atoms with Crippen LogP contribution in [0.4, 0.5) is 17.6 Å². The number of alkyl halides is 3. The van der Waals surface area contributed by atoms with E-state index in [9.17, 15) is 31.2 Å². The number of benzene rings is 1. The largest absolute Gasteiger partial charge is 0.404 e. The summed E-state index contributed by atoms with van der Waals surface area (Å²) in [4.78, 5) is 3.76. The van der Waals surface area contributed by atoms with E-state index in [2.05, 4.69) is 11.1 Å². The fourth-order valence-corrected chi connectivity index (χ4v) is 5.55. The SMILES string of the molecule is CCc1cc2c(cc1F)c(C#N)c(-c1ccc(S(=O)(=O)NC(C)C(F)(F)F)cn1)n2C1CCOCC1. The van der Waals surface area contributed by atoms with E-state index in [1.165, 1.54) is 12.1 Å². The average Bonchev–Trinajstić information content (AvgIpc) is 3.16. The third-order valence-electron chi connectivity index (χ3n) is 6.33. The molecule has 0 radical (unpaired) electrons. The second-order valence-electron chi connectivity index (χ2n) is 8.63. The van der Waals surface area contributed by atoms with Gasteiger partial charge < -0.3 is 9.30 Å². The van der Waals surface area contributed by atoms with Gasteiger partial charge in [0.05, 0.1) is 22.5 Å². The highest BCUT2D eigenvalue weighted by Crippen LogP contribution is 2.39. The second-order valence-corrected chi connectivity index (χ2v) is 10.3. The normalized spacial score (nSPS) is 16.2. The van der Waals surface area contributed by atoms with Crippen molar-refractivity contribution in [2.75, 3.05) is 13.2 Å². The Morgan fingerprint density at radius 3 is 2.53 bits per heavy atom. The van der Waals surface area contributed by atoms with Crippen molar-refractivity contribution in [1.82, 2.24) is 14.3 Å². The lowest BCUT2D eigenvalue weighted by Crippen LogP contribution is -2.42. The Bertz CT molecular complexity index is 1420. The molecule has 0 saturated carbocycles. The van der Waals surface area contributed by atoms with E-state index < -0.39 is 33.0 Å². The summed E-state index contributed by atoms with van der Waals surface area (Å²) in [5, 5.41) is 10.4. The van der Waals surface area contributed by atoms with Gasteiger partial charge in [0.25, 0.3) is 0 Å². The minimum atomic E-state index is -4.75. The van der Waals surface area contributed by atoms with E-state index in [4.69, 9.17) is 4.74 Å². The van der Waals surface area contributed by atoms with Gasteiger partial charge in [-0.1, -0.05) is 6.92 Å². The molecule has 0 bridgehead atoms. The van der Waals surface area contributed by atoms with Crippen molar-refractivity contribution in [3.63, 3.8) is 0 Å². The van der Waals surface area contributed by atoms with E-state index >= 15 is 0 Å². The molecule has 1 aliphatic heterocycles. The first-order chi connectivity index (χ1) is 17.0. The molecule has 12 heteroatoms. The van der Waals surface area contributed by atoms with Gasteiger partial charge in [0, 0.05) is 30.8 Å². The maximum Gasteiger partial charge on any atom is 0.404 e. The highest BCUT2D eigenvalue weighted by molar-refractivity contribution is 7.89. The number of fused-ring (bicyclic) bond motifs is 1. The lowest BCUT2D eigenvalue weighted by Gasteiger charge is -2.26. The highest BCUT2D eigenvalue weighted by atomic mass is 32.2. The van der Waals surface area contributed by atoms with E-state index in [0.717, 1.165) is 12.3 Å². The monoisotopic (exact) mass is 524 g/mol. The summed E-state index contributed by atoms with van der Waals surface area (Å²) >= 11 is 0. The number of nitrogens with zero attached hydrogens (tertiary/aromatic N) is 3. The third-order valence-corrected chi connectivity index (χ3v) is 7.86. The summed E-state index contributed by atoms with van der Waals surface area (Å²) in [6.45, 7) is 3.53. The van der Waals surface area contributed by atoms with Crippen LogP contribution in [0.15, 0.2) is 35.4 Å². The summed E-state index contributed by atoms with van der Waals surface area (Å²) in [6.07, 6.45) is -2.06. The first-order valence-corrected chi connectivity index (χ1v) is 12.9. The number of aryl methyl sites for hydroxylation is 1. The van der Waals surface area contributed by atoms with Gasteiger partial charge in [0.1, 0.15) is 22.8 Å². The van der Waals surface area contributed by atoms with Crippen molar-refractivity contribution in [3.8, 4) is 17.5 Å². The predicted octanol–water partition coefficient (Wildman–Crippen LogP) is 4.86. The number of sulfonamides is 1. The van der Waals surface area contributed by atoms with Crippen LogP contribution in [-0.4, -0.2) is 43.4 Å². The van der Waals surface area contributed by atoms with Crippen LogP contribution < -0.4 is 4.72 Å². The van der Waals surface area contributed by atoms with Gasteiger partial charge in [0.2, 0.25) is 10.0 Å². The molecular formula is C24H24F4N4O3S. The maximum absolute atomic E-state index is 14.7. The fraction of sp³-hybridized carbons (Fsp3) is 0.417.